The van der Waals surface area contributed by atoms with Gasteiger partial charge in [0.05, 0.1) is 17.9 Å². The highest BCUT2D eigenvalue weighted by molar-refractivity contribution is 5.91. The van der Waals surface area contributed by atoms with Crippen LogP contribution < -0.4 is 15.0 Å². The maximum Gasteiger partial charge on any atom is 0.411 e. The van der Waals surface area contributed by atoms with Gasteiger partial charge < -0.3 is 19.7 Å². The summed E-state index contributed by atoms with van der Waals surface area (Å²) >= 11 is 0. The molecular weight excluding hydrogens is 602 g/mol. The molecule has 1 saturated heterocycles. The Morgan fingerprint density at radius 1 is 1.02 bits per heavy atom. The number of carbonyl (C=O) groups excluding carboxylic acids is 3. The third kappa shape index (κ3) is 8.95. The van der Waals surface area contributed by atoms with Crippen LogP contribution in [0, 0.1) is 12.8 Å². The quantitative estimate of drug-likeness (QED) is 0.325. The topological polar surface area (TPSA) is 145 Å². The summed E-state index contributed by atoms with van der Waals surface area (Å²) in [7, 11) is 0. The third-order valence-corrected chi connectivity index (χ3v) is 7.06. The van der Waals surface area contributed by atoms with E-state index in [9.17, 15) is 23.2 Å². The standard InChI is InChI=1S/C31H40F2N8O5/c1-19(2)15-23(42)16-34-29(43)24-17-39(13-14-40(24)30(44)46-31(4,5)6)26-11-12-27(37-36-26)45-18-25-20(3)35-38-41(25)22-9-7-21(8-10-22)28(32)33/h7-12,19,24,28H,13-18H2,1-6H3,(H,34,43)/t24-/m0/s1. The monoisotopic (exact) mass is 642 g/mol. The first-order valence-electron chi connectivity index (χ1n) is 15.0. The Morgan fingerprint density at radius 2 is 1.74 bits per heavy atom. The molecule has 15 heteroatoms. The lowest BCUT2D eigenvalue weighted by Gasteiger charge is -2.41. The molecule has 1 atom stereocenters. The van der Waals surface area contributed by atoms with Gasteiger partial charge in [0, 0.05) is 37.7 Å². The van der Waals surface area contributed by atoms with Crippen molar-refractivity contribution in [1.29, 1.82) is 0 Å². The van der Waals surface area contributed by atoms with Crippen molar-refractivity contribution in [3.05, 3.63) is 53.3 Å². The number of carbonyl (C=O) groups is 3. The number of aromatic nitrogens is 5. The highest BCUT2D eigenvalue weighted by Gasteiger charge is 2.38. The summed E-state index contributed by atoms with van der Waals surface area (Å²) in [6, 6.07) is 8.13. The van der Waals surface area contributed by atoms with Gasteiger partial charge in [0.1, 0.15) is 23.9 Å². The molecule has 0 unspecified atom stereocenters. The zero-order valence-corrected chi connectivity index (χ0v) is 26.9. The van der Waals surface area contributed by atoms with Crippen molar-refractivity contribution in [2.75, 3.05) is 31.1 Å². The molecule has 1 aliphatic heterocycles. The molecule has 0 saturated carbocycles. The first kappa shape index (κ1) is 34.2. The third-order valence-electron chi connectivity index (χ3n) is 7.06. The molecule has 0 radical (unpaired) electrons. The maximum absolute atomic E-state index is 13.3. The number of ether oxygens (including phenoxy) is 2. The van der Waals surface area contributed by atoms with Crippen LogP contribution in [0.4, 0.5) is 19.4 Å². The number of amides is 2. The first-order chi connectivity index (χ1) is 21.7. The summed E-state index contributed by atoms with van der Waals surface area (Å²) in [5.41, 5.74) is 0.909. The van der Waals surface area contributed by atoms with E-state index in [1.807, 2.05) is 18.7 Å². The van der Waals surface area contributed by atoms with E-state index in [2.05, 4.69) is 25.8 Å². The minimum Gasteiger partial charge on any atom is -0.470 e. The van der Waals surface area contributed by atoms with E-state index in [1.54, 1.807) is 39.8 Å². The molecule has 1 aliphatic rings. The van der Waals surface area contributed by atoms with E-state index in [-0.39, 0.29) is 49.4 Å². The van der Waals surface area contributed by atoms with E-state index in [4.69, 9.17) is 9.47 Å². The molecule has 0 bridgehead atoms. The van der Waals surface area contributed by atoms with Gasteiger partial charge in [0.25, 0.3) is 6.43 Å². The molecule has 248 valence electrons. The number of benzene rings is 1. The lowest BCUT2D eigenvalue weighted by atomic mass is 10.1. The normalized spacial score (nSPS) is 15.3. The zero-order chi connectivity index (χ0) is 33.6. The van der Waals surface area contributed by atoms with Crippen LogP contribution in [0.1, 0.15) is 64.4 Å². The molecule has 2 aromatic heterocycles. The highest BCUT2D eigenvalue weighted by atomic mass is 19.3. The second-order valence-electron chi connectivity index (χ2n) is 12.4. The predicted octanol–water partition coefficient (Wildman–Crippen LogP) is 4.04. The van der Waals surface area contributed by atoms with Crippen molar-refractivity contribution in [2.45, 2.75) is 72.6 Å². The van der Waals surface area contributed by atoms with Gasteiger partial charge in [-0.1, -0.05) is 31.2 Å². The van der Waals surface area contributed by atoms with Crippen LogP contribution in [-0.2, 0) is 20.9 Å². The van der Waals surface area contributed by atoms with Gasteiger partial charge in [-0.2, -0.15) is 0 Å². The van der Waals surface area contributed by atoms with Gasteiger partial charge in [-0.3, -0.25) is 14.5 Å². The number of aryl methyl sites for hydroxylation is 1. The largest absolute Gasteiger partial charge is 0.470 e. The van der Waals surface area contributed by atoms with Crippen molar-refractivity contribution >= 4 is 23.6 Å². The maximum atomic E-state index is 13.3. The average molecular weight is 643 g/mol. The molecule has 3 heterocycles. The first-order valence-corrected chi connectivity index (χ1v) is 15.0. The van der Waals surface area contributed by atoms with Gasteiger partial charge in [-0.15, -0.1) is 15.3 Å². The SMILES string of the molecule is Cc1nnn(-c2ccc(C(F)F)cc2)c1COc1ccc(N2CCN(C(=O)OC(C)(C)C)[C@H](C(=O)NCC(=O)CC(C)C)C2)nn1. The van der Waals surface area contributed by atoms with E-state index >= 15 is 0 Å². The number of anilines is 1. The summed E-state index contributed by atoms with van der Waals surface area (Å²) in [5, 5.41) is 19.3. The number of hydrogen-bond acceptors (Lipinski definition) is 10. The Balaban J connectivity index is 1.43. The fourth-order valence-electron chi connectivity index (χ4n) is 4.80. The number of nitrogens with zero attached hydrogens (tertiary/aromatic N) is 7. The molecule has 0 aliphatic carbocycles. The Morgan fingerprint density at radius 3 is 2.35 bits per heavy atom. The van der Waals surface area contributed by atoms with Crippen LogP contribution in [0.5, 0.6) is 5.88 Å². The number of nitrogens with one attached hydrogen (secondary N) is 1. The molecule has 3 aromatic rings. The molecule has 46 heavy (non-hydrogen) atoms. The Kier molecular flexibility index (Phi) is 10.9. The van der Waals surface area contributed by atoms with Crippen molar-refractivity contribution < 1.29 is 32.6 Å². The zero-order valence-electron chi connectivity index (χ0n) is 26.9. The number of alkyl halides is 2. The van der Waals surface area contributed by atoms with Gasteiger partial charge in [0.15, 0.2) is 11.6 Å². The highest BCUT2D eigenvalue weighted by Crippen LogP contribution is 2.23. The Bertz CT molecular complexity index is 1510. The number of piperazine rings is 1. The Hall–Kier alpha value is -4.69. The van der Waals surface area contributed by atoms with Crippen LogP contribution in [0.3, 0.4) is 0 Å². The van der Waals surface area contributed by atoms with Gasteiger partial charge >= 0.3 is 6.09 Å². The summed E-state index contributed by atoms with van der Waals surface area (Å²) in [4.78, 5) is 41.7. The fourth-order valence-corrected chi connectivity index (χ4v) is 4.80. The van der Waals surface area contributed by atoms with Crippen LogP contribution in [0.2, 0.25) is 0 Å². The Labute approximate surface area is 266 Å². The number of hydrogen-bond donors (Lipinski definition) is 1. The van der Waals surface area contributed by atoms with Gasteiger partial charge in [-0.05, 0) is 51.8 Å². The lowest BCUT2D eigenvalue weighted by Crippen LogP contribution is -2.61. The number of Topliss-reactive ketones (excluding diaryl/α,β-unsaturated/α-hetero) is 1. The van der Waals surface area contributed by atoms with Gasteiger partial charge in [0.2, 0.25) is 11.8 Å². The van der Waals surface area contributed by atoms with E-state index < -0.39 is 30.1 Å². The fraction of sp³-hybridized carbons (Fsp3) is 0.516. The van der Waals surface area contributed by atoms with E-state index in [0.717, 1.165) is 0 Å². The van der Waals surface area contributed by atoms with Crippen molar-refractivity contribution in [3.8, 4) is 11.6 Å². The second-order valence-corrected chi connectivity index (χ2v) is 12.4. The number of halogens is 2. The van der Waals surface area contributed by atoms with Crippen LogP contribution in [0.15, 0.2) is 36.4 Å². The minimum atomic E-state index is -2.57. The van der Waals surface area contributed by atoms with Crippen LogP contribution >= 0.6 is 0 Å². The average Bonchev–Trinajstić information content (AvgIpc) is 3.37. The molecular formula is C31H40F2N8O5. The molecule has 1 fully saturated rings. The predicted molar refractivity (Wildman–Crippen MR) is 164 cm³/mol. The van der Waals surface area contributed by atoms with Crippen LogP contribution in [-0.4, -0.2) is 85.7 Å². The van der Waals surface area contributed by atoms with Crippen molar-refractivity contribution in [2.24, 2.45) is 5.92 Å². The molecule has 0 spiro atoms. The lowest BCUT2D eigenvalue weighted by molar-refractivity contribution is -0.129. The number of ketones is 1. The van der Waals surface area contributed by atoms with Crippen molar-refractivity contribution in [3.63, 3.8) is 0 Å². The summed E-state index contributed by atoms with van der Waals surface area (Å²) in [6.45, 7) is 11.4. The van der Waals surface area contributed by atoms with Crippen LogP contribution in [0.25, 0.3) is 5.69 Å². The summed E-state index contributed by atoms with van der Waals surface area (Å²) in [6.07, 6.45) is -2.86. The number of rotatable bonds is 11. The minimum absolute atomic E-state index is 0.0375. The summed E-state index contributed by atoms with van der Waals surface area (Å²) < 4.78 is 38.9. The molecule has 1 N–H and O–H groups in total. The van der Waals surface area contributed by atoms with E-state index in [0.29, 0.717) is 35.9 Å². The molecule has 13 nitrogen and oxygen atoms in total. The summed E-state index contributed by atoms with van der Waals surface area (Å²) in [5.74, 6) is 0.278. The van der Waals surface area contributed by atoms with E-state index in [1.165, 1.54) is 33.8 Å². The molecule has 1 aromatic carbocycles. The second kappa shape index (κ2) is 14.6. The smallest absolute Gasteiger partial charge is 0.411 e. The molecule has 2 amide bonds. The molecule has 4 rings (SSSR count). The van der Waals surface area contributed by atoms with Crippen molar-refractivity contribution in [1.82, 2.24) is 35.4 Å². The van der Waals surface area contributed by atoms with Gasteiger partial charge in [-0.25, -0.2) is 18.3 Å².